The Morgan fingerprint density at radius 3 is 2.67 bits per heavy atom. The quantitative estimate of drug-likeness (QED) is 0.851. The van der Waals surface area contributed by atoms with Crippen LogP contribution in [0.4, 0.5) is 0 Å². The molecule has 8 nitrogen and oxygen atoms in total. The molecular formula is C12H15N5O3S. The van der Waals surface area contributed by atoms with Crippen molar-refractivity contribution < 1.29 is 14.7 Å². The fraction of sp³-hybridized carbons (Fsp3) is 0.417. The number of aromatic nitrogens is 4. The van der Waals surface area contributed by atoms with E-state index < -0.39 is 17.9 Å². The molecule has 0 aromatic carbocycles. The second-order valence-corrected chi connectivity index (χ2v) is 5.59. The first-order chi connectivity index (χ1) is 9.90. The molecule has 2 N–H and O–H groups in total. The van der Waals surface area contributed by atoms with Crippen LogP contribution in [-0.2, 0) is 11.8 Å². The number of aryl methyl sites for hydroxylation is 1. The van der Waals surface area contributed by atoms with E-state index in [1.165, 1.54) is 10.9 Å². The second kappa shape index (κ2) is 6.00. The van der Waals surface area contributed by atoms with E-state index in [0.717, 1.165) is 11.5 Å². The minimum atomic E-state index is -1.16. The van der Waals surface area contributed by atoms with Crippen LogP contribution in [0.1, 0.15) is 46.7 Å². The number of carbonyl (C=O) groups excluding carboxylic acids is 1. The van der Waals surface area contributed by atoms with Crippen molar-refractivity contribution in [1.29, 1.82) is 0 Å². The van der Waals surface area contributed by atoms with E-state index in [2.05, 4.69) is 20.0 Å². The summed E-state index contributed by atoms with van der Waals surface area (Å²) < 4.78 is 5.24. The highest BCUT2D eigenvalue weighted by Gasteiger charge is 2.27. The fourth-order valence-corrected chi connectivity index (χ4v) is 2.53. The van der Waals surface area contributed by atoms with Crippen molar-refractivity contribution in [3.8, 4) is 0 Å². The second-order valence-electron chi connectivity index (χ2n) is 4.83. The van der Waals surface area contributed by atoms with Crippen molar-refractivity contribution in [3.05, 3.63) is 28.5 Å². The number of carboxylic acid groups (broad SMARTS) is 1. The third kappa shape index (κ3) is 3.24. The van der Waals surface area contributed by atoms with Crippen LogP contribution in [0.25, 0.3) is 0 Å². The summed E-state index contributed by atoms with van der Waals surface area (Å²) in [5, 5.41) is 19.6. The Morgan fingerprint density at radius 2 is 2.14 bits per heavy atom. The van der Waals surface area contributed by atoms with E-state index in [-0.39, 0.29) is 5.92 Å². The maximum Gasteiger partial charge on any atom is 0.331 e. The van der Waals surface area contributed by atoms with Gasteiger partial charge in [0.2, 0.25) is 0 Å². The van der Waals surface area contributed by atoms with Crippen molar-refractivity contribution in [3.63, 3.8) is 0 Å². The van der Waals surface area contributed by atoms with Gasteiger partial charge in [-0.1, -0.05) is 18.3 Å². The molecule has 0 radical (unpaired) electrons. The van der Waals surface area contributed by atoms with Gasteiger partial charge in [0.1, 0.15) is 4.88 Å². The van der Waals surface area contributed by atoms with Crippen molar-refractivity contribution in [2.24, 2.45) is 7.05 Å². The summed E-state index contributed by atoms with van der Waals surface area (Å²) in [6, 6.07) is -1.16. The zero-order valence-electron chi connectivity index (χ0n) is 11.8. The van der Waals surface area contributed by atoms with Gasteiger partial charge in [0, 0.05) is 18.8 Å². The van der Waals surface area contributed by atoms with Crippen LogP contribution in [0.5, 0.6) is 0 Å². The molecule has 1 amide bonds. The molecule has 0 saturated carbocycles. The van der Waals surface area contributed by atoms with Crippen LogP contribution < -0.4 is 5.32 Å². The van der Waals surface area contributed by atoms with Crippen molar-refractivity contribution in [2.75, 3.05) is 0 Å². The van der Waals surface area contributed by atoms with Crippen LogP contribution in [0.2, 0.25) is 0 Å². The highest BCUT2D eigenvalue weighted by molar-refractivity contribution is 7.08. The molecule has 112 valence electrons. The van der Waals surface area contributed by atoms with Gasteiger partial charge < -0.3 is 10.4 Å². The average molecular weight is 309 g/mol. The molecule has 0 aliphatic carbocycles. The number of hydrogen-bond donors (Lipinski definition) is 2. The minimum absolute atomic E-state index is 0.0335. The summed E-state index contributed by atoms with van der Waals surface area (Å²) in [6.07, 6.45) is 2.96. The molecule has 9 heteroatoms. The number of rotatable bonds is 5. The molecule has 0 aliphatic heterocycles. The van der Waals surface area contributed by atoms with Gasteiger partial charge in [0.15, 0.2) is 6.04 Å². The van der Waals surface area contributed by atoms with Gasteiger partial charge in [0.25, 0.3) is 5.91 Å². The summed E-state index contributed by atoms with van der Waals surface area (Å²) in [5.74, 6) is -1.61. The Balaban J connectivity index is 2.23. The monoisotopic (exact) mass is 309 g/mol. The summed E-state index contributed by atoms with van der Waals surface area (Å²) in [5.41, 5.74) is 0.967. The van der Waals surface area contributed by atoms with E-state index in [1.54, 1.807) is 13.2 Å². The normalized spacial score (nSPS) is 12.4. The van der Waals surface area contributed by atoms with E-state index in [1.807, 2.05) is 13.8 Å². The number of aliphatic carboxylic acids is 1. The lowest BCUT2D eigenvalue weighted by Crippen LogP contribution is -2.33. The molecule has 1 atom stereocenters. The van der Waals surface area contributed by atoms with Crippen LogP contribution in [-0.4, -0.2) is 36.4 Å². The SMILES string of the molecule is CC(C)c1nnsc1C(=O)NC(C(=O)O)c1cnn(C)c1. The van der Waals surface area contributed by atoms with Gasteiger partial charge in [-0.25, -0.2) is 4.79 Å². The number of carbonyl (C=O) groups is 2. The first-order valence-corrected chi connectivity index (χ1v) is 7.02. The smallest absolute Gasteiger partial charge is 0.331 e. The largest absolute Gasteiger partial charge is 0.479 e. The van der Waals surface area contributed by atoms with Crippen LogP contribution in [0.3, 0.4) is 0 Å². The summed E-state index contributed by atoms with van der Waals surface area (Å²) in [6.45, 7) is 3.78. The predicted octanol–water partition coefficient (Wildman–Crippen LogP) is 0.951. The molecule has 0 fully saturated rings. The van der Waals surface area contributed by atoms with Crippen LogP contribution >= 0.6 is 11.5 Å². The molecule has 2 aromatic heterocycles. The maximum absolute atomic E-state index is 12.3. The van der Waals surface area contributed by atoms with Crippen molar-refractivity contribution >= 4 is 23.4 Å². The van der Waals surface area contributed by atoms with Crippen molar-refractivity contribution in [2.45, 2.75) is 25.8 Å². The zero-order chi connectivity index (χ0) is 15.6. The lowest BCUT2D eigenvalue weighted by atomic mass is 10.1. The highest BCUT2D eigenvalue weighted by atomic mass is 32.1. The van der Waals surface area contributed by atoms with E-state index in [4.69, 9.17) is 0 Å². The summed E-state index contributed by atoms with van der Waals surface area (Å²) >= 11 is 0.953. The topological polar surface area (TPSA) is 110 Å². The molecule has 1 unspecified atom stereocenters. The zero-order valence-corrected chi connectivity index (χ0v) is 12.6. The molecule has 2 heterocycles. The average Bonchev–Trinajstić information content (AvgIpc) is 3.03. The van der Waals surface area contributed by atoms with Gasteiger partial charge in [-0.3, -0.25) is 9.48 Å². The van der Waals surface area contributed by atoms with E-state index >= 15 is 0 Å². The first kappa shape index (κ1) is 15.1. The van der Waals surface area contributed by atoms with Gasteiger partial charge in [-0.2, -0.15) is 5.10 Å². The summed E-state index contributed by atoms with van der Waals surface area (Å²) in [7, 11) is 1.67. The molecule has 0 saturated heterocycles. The molecule has 2 rings (SSSR count). The highest BCUT2D eigenvalue weighted by Crippen LogP contribution is 2.21. The number of amides is 1. The number of nitrogens with zero attached hydrogens (tertiary/aromatic N) is 4. The first-order valence-electron chi connectivity index (χ1n) is 6.24. The van der Waals surface area contributed by atoms with Gasteiger partial charge in [0.05, 0.1) is 11.9 Å². The summed E-state index contributed by atoms with van der Waals surface area (Å²) in [4.78, 5) is 23.9. The Kier molecular flexibility index (Phi) is 4.32. The minimum Gasteiger partial charge on any atom is -0.479 e. The molecule has 0 aliphatic rings. The number of nitrogens with one attached hydrogen (secondary N) is 1. The maximum atomic E-state index is 12.3. The molecule has 2 aromatic rings. The Bertz CT molecular complexity index is 663. The molecule has 0 bridgehead atoms. The van der Waals surface area contributed by atoms with Crippen LogP contribution in [0, 0.1) is 0 Å². The fourth-order valence-electron chi connectivity index (χ4n) is 1.81. The molecule has 21 heavy (non-hydrogen) atoms. The lowest BCUT2D eigenvalue weighted by molar-refractivity contribution is -0.139. The third-order valence-corrected chi connectivity index (χ3v) is 3.59. The predicted molar refractivity (Wildman–Crippen MR) is 75.0 cm³/mol. The number of carboxylic acids is 1. The Hall–Kier alpha value is -2.29. The standard InChI is InChI=1S/C12H15N5O3S/c1-6(2)8-10(21-16-15-8)11(18)14-9(12(19)20)7-4-13-17(3)5-7/h4-6,9H,1-3H3,(H,14,18)(H,19,20). The lowest BCUT2D eigenvalue weighted by Gasteiger charge is -2.12. The molecule has 0 spiro atoms. The van der Waals surface area contributed by atoms with Gasteiger partial charge in [-0.05, 0) is 17.5 Å². The van der Waals surface area contributed by atoms with Gasteiger partial charge >= 0.3 is 5.97 Å². The number of hydrogen-bond acceptors (Lipinski definition) is 6. The van der Waals surface area contributed by atoms with E-state index in [9.17, 15) is 14.7 Å². The van der Waals surface area contributed by atoms with Crippen molar-refractivity contribution in [1.82, 2.24) is 24.7 Å². The van der Waals surface area contributed by atoms with Crippen LogP contribution in [0.15, 0.2) is 12.4 Å². The van der Waals surface area contributed by atoms with E-state index in [0.29, 0.717) is 16.1 Å². The van der Waals surface area contributed by atoms with Gasteiger partial charge in [-0.15, -0.1) is 5.10 Å². The molecular weight excluding hydrogens is 294 g/mol. The Labute approximate surface area is 125 Å². The third-order valence-electron chi connectivity index (χ3n) is 2.85. The Morgan fingerprint density at radius 1 is 1.43 bits per heavy atom.